The van der Waals surface area contributed by atoms with Gasteiger partial charge in [0.15, 0.2) is 0 Å². The first-order valence-electron chi connectivity index (χ1n) is 6.28. The summed E-state index contributed by atoms with van der Waals surface area (Å²) in [6.45, 7) is -0.214. The zero-order chi connectivity index (χ0) is 15.7. The summed E-state index contributed by atoms with van der Waals surface area (Å²) in [5.41, 5.74) is 2.02. The maximum absolute atomic E-state index is 14.1. The van der Waals surface area contributed by atoms with E-state index in [9.17, 15) is 12.8 Å². The molecule has 3 rings (SSSR count). The molecule has 2 aromatic heterocycles. The molecule has 0 aliphatic heterocycles. The number of halogens is 2. The van der Waals surface area contributed by atoms with Gasteiger partial charge >= 0.3 is 0 Å². The second kappa shape index (κ2) is 6.59. The van der Waals surface area contributed by atoms with Crippen LogP contribution in [0.5, 0.6) is 0 Å². The average Bonchev–Trinajstić information content (AvgIpc) is 2.93. The van der Waals surface area contributed by atoms with E-state index in [-0.39, 0.29) is 24.5 Å². The van der Waals surface area contributed by atoms with Gasteiger partial charge in [0.1, 0.15) is 17.8 Å². The maximum Gasteiger partial charge on any atom is 0.274 e. The Labute approximate surface area is 137 Å². The van der Waals surface area contributed by atoms with E-state index in [1.165, 1.54) is 18.5 Å². The molecule has 10 heteroatoms. The van der Waals surface area contributed by atoms with E-state index in [1.807, 2.05) is 4.72 Å². The summed E-state index contributed by atoms with van der Waals surface area (Å²) in [6.07, 6.45) is 3.12. The van der Waals surface area contributed by atoms with Gasteiger partial charge in [-0.05, 0) is 12.1 Å². The van der Waals surface area contributed by atoms with Crippen molar-refractivity contribution >= 4 is 33.6 Å². The van der Waals surface area contributed by atoms with Gasteiger partial charge in [0, 0.05) is 29.3 Å². The molecule has 23 heavy (non-hydrogen) atoms. The highest BCUT2D eigenvalue weighted by molar-refractivity contribution is 7.87. The Balaban J connectivity index is 0.00000192. The first-order chi connectivity index (χ1) is 10.4. The van der Waals surface area contributed by atoms with Crippen molar-refractivity contribution in [3.63, 3.8) is 0 Å². The van der Waals surface area contributed by atoms with Crippen LogP contribution in [-0.2, 0) is 16.8 Å². The van der Waals surface area contributed by atoms with Gasteiger partial charge in [0.2, 0.25) is 0 Å². The molecule has 7 nitrogen and oxygen atoms in total. The molecule has 3 aromatic rings. The molecule has 0 fully saturated rings. The van der Waals surface area contributed by atoms with Crippen LogP contribution in [0.2, 0.25) is 0 Å². The smallest absolute Gasteiger partial charge is 0.274 e. The molecule has 0 aliphatic rings. The third kappa shape index (κ3) is 3.82. The van der Waals surface area contributed by atoms with Gasteiger partial charge in [-0.25, -0.2) is 19.5 Å². The van der Waals surface area contributed by atoms with E-state index in [2.05, 4.69) is 15.0 Å². The molecule has 0 unspecified atom stereocenters. The van der Waals surface area contributed by atoms with E-state index in [4.69, 9.17) is 5.14 Å². The minimum absolute atomic E-state index is 0. The predicted octanol–water partition coefficient (Wildman–Crippen LogP) is 1.48. The summed E-state index contributed by atoms with van der Waals surface area (Å²) in [5.74, 6) is -0.545. The van der Waals surface area contributed by atoms with E-state index < -0.39 is 16.0 Å². The number of aromatic nitrogens is 3. The molecule has 1 aromatic carbocycles. The van der Waals surface area contributed by atoms with Crippen LogP contribution < -0.4 is 9.86 Å². The molecule has 0 spiro atoms. The molecule has 122 valence electrons. The Morgan fingerprint density at radius 1 is 1.26 bits per heavy atom. The Hall–Kier alpha value is -2.07. The van der Waals surface area contributed by atoms with Crippen molar-refractivity contribution in [2.75, 3.05) is 0 Å². The lowest BCUT2D eigenvalue weighted by Gasteiger charge is -2.07. The highest BCUT2D eigenvalue weighted by Gasteiger charge is 2.11. The fraction of sp³-hybridized carbons (Fsp3) is 0.0769. The Bertz CT molecular complexity index is 944. The van der Waals surface area contributed by atoms with Crippen LogP contribution in [0, 0.1) is 5.82 Å². The van der Waals surface area contributed by atoms with Crippen LogP contribution in [0.25, 0.3) is 22.3 Å². The number of hydrogen-bond acceptors (Lipinski definition) is 4. The Morgan fingerprint density at radius 2 is 2.04 bits per heavy atom. The van der Waals surface area contributed by atoms with Crippen LogP contribution in [0.4, 0.5) is 4.39 Å². The van der Waals surface area contributed by atoms with Crippen molar-refractivity contribution in [2.45, 2.75) is 6.54 Å². The van der Waals surface area contributed by atoms with Crippen LogP contribution in [0.15, 0.2) is 36.8 Å². The summed E-state index contributed by atoms with van der Waals surface area (Å²) in [6, 6.07) is 6.26. The van der Waals surface area contributed by atoms with Gasteiger partial charge < -0.3 is 4.98 Å². The molecule has 0 saturated carbocycles. The highest BCUT2D eigenvalue weighted by Crippen LogP contribution is 2.26. The summed E-state index contributed by atoms with van der Waals surface area (Å²) in [5, 5.41) is 5.60. The van der Waals surface area contributed by atoms with Gasteiger partial charge in [-0.2, -0.15) is 13.1 Å². The Morgan fingerprint density at radius 3 is 2.74 bits per heavy atom. The quantitative estimate of drug-likeness (QED) is 0.656. The molecule has 0 amide bonds. The highest BCUT2D eigenvalue weighted by atomic mass is 35.5. The van der Waals surface area contributed by atoms with Crippen molar-refractivity contribution in [3.05, 3.63) is 48.2 Å². The lowest BCUT2D eigenvalue weighted by atomic mass is 10.1. The number of hydrogen-bond donors (Lipinski definition) is 3. The zero-order valence-corrected chi connectivity index (χ0v) is 13.3. The Kier molecular flexibility index (Phi) is 4.95. The summed E-state index contributed by atoms with van der Waals surface area (Å²) >= 11 is 0. The number of nitrogens with two attached hydrogens (primary N) is 1. The van der Waals surface area contributed by atoms with Gasteiger partial charge in [-0.1, -0.05) is 12.1 Å². The minimum atomic E-state index is -3.86. The standard InChI is InChI=1S/C13H12FN5O2S.ClH/c14-11-5-8(1-2-9(11)6-19-22(15,20)21)12-10-3-4-16-13(10)18-7-17-12;/h1-5,7,19H,6H2,(H2,15,20,21)(H,16,17,18);1H. The van der Waals surface area contributed by atoms with Crippen LogP contribution >= 0.6 is 12.4 Å². The van der Waals surface area contributed by atoms with E-state index >= 15 is 0 Å². The van der Waals surface area contributed by atoms with E-state index in [0.717, 1.165) is 5.39 Å². The molecule has 4 N–H and O–H groups in total. The number of benzene rings is 1. The van der Waals surface area contributed by atoms with Gasteiger partial charge in [0.05, 0.1) is 5.69 Å². The topological polar surface area (TPSA) is 114 Å². The van der Waals surface area contributed by atoms with Crippen molar-refractivity contribution in [1.82, 2.24) is 19.7 Å². The van der Waals surface area contributed by atoms with Crippen LogP contribution in [0.3, 0.4) is 0 Å². The molecule has 0 aliphatic carbocycles. The van der Waals surface area contributed by atoms with Crippen LogP contribution in [0.1, 0.15) is 5.56 Å². The largest absolute Gasteiger partial charge is 0.346 e. The third-order valence-electron chi connectivity index (χ3n) is 3.14. The normalized spacial score (nSPS) is 11.4. The molecule has 2 heterocycles. The molecule has 0 atom stereocenters. The number of rotatable bonds is 4. The lowest BCUT2D eigenvalue weighted by molar-refractivity contribution is 0.576. The fourth-order valence-electron chi connectivity index (χ4n) is 2.12. The number of nitrogens with one attached hydrogen (secondary N) is 2. The zero-order valence-electron chi connectivity index (χ0n) is 11.7. The van der Waals surface area contributed by atoms with Crippen molar-refractivity contribution in [2.24, 2.45) is 5.14 Å². The van der Waals surface area contributed by atoms with Crippen molar-refractivity contribution in [1.29, 1.82) is 0 Å². The van der Waals surface area contributed by atoms with Gasteiger partial charge in [-0.15, -0.1) is 12.4 Å². The summed E-state index contributed by atoms with van der Waals surface area (Å²) < 4.78 is 37.8. The lowest BCUT2D eigenvalue weighted by Crippen LogP contribution is -2.30. The van der Waals surface area contributed by atoms with E-state index in [0.29, 0.717) is 16.9 Å². The second-order valence-corrected chi connectivity index (χ2v) is 6.01. The number of nitrogens with zero attached hydrogens (tertiary/aromatic N) is 2. The summed E-state index contributed by atoms with van der Waals surface area (Å²) in [7, 11) is -3.86. The SMILES string of the molecule is Cl.NS(=O)(=O)NCc1ccc(-c2ncnc3[nH]ccc23)cc1F. The number of aromatic amines is 1. The number of H-pyrrole nitrogens is 1. The molecular weight excluding hydrogens is 345 g/mol. The maximum atomic E-state index is 14.1. The van der Waals surface area contributed by atoms with Gasteiger partial charge in [-0.3, -0.25) is 0 Å². The van der Waals surface area contributed by atoms with Gasteiger partial charge in [0.25, 0.3) is 10.2 Å². The molecule has 0 bridgehead atoms. The van der Waals surface area contributed by atoms with Crippen molar-refractivity contribution < 1.29 is 12.8 Å². The van der Waals surface area contributed by atoms with Crippen molar-refractivity contribution in [3.8, 4) is 11.3 Å². The predicted molar refractivity (Wildman–Crippen MR) is 86.5 cm³/mol. The van der Waals surface area contributed by atoms with E-state index in [1.54, 1.807) is 18.3 Å². The van der Waals surface area contributed by atoms with Crippen LogP contribution in [-0.4, -0.2) is 23.4 Å². The molecular formula is C13H13ClFN5O2S. The molecule has 0 radical (unpaired) electrons. The fourth-order valence-corrected chi connectivity index (χ4v) is 2.48. The number of fused-ring (bicyclic) bond motifs is 1. The second-order valence-electron chi connectivity index (χ2n) is 4.63. The molecule has 0 saturated heterocycles. The monoisotopic (exact) mass is 357 g/mol. The minimum Gasteiger partial charge on any atom is -0.346 e. The first-order valence-corrected chi connectivity index (χ1v) is 7.83. The third-order valence-corrected chi connectivity index (χ3v) is 3.69. The summed E-state index contributed by atoms with van der Waals surface area (Å²) in [4.78, 5) is 11.2. The first kappa shape index (κ1) is 17.3. The average molecular weight is 358 g/mol.